The Balaban J connectivity index is 1.76. The Morgan fingerprint density at radius 1 is 0.590 bits per heavy atom. The molecule has 12 atom stereocenters. The fraction of sp³-hybridized carbons (Fsp3) is 0.851. The summed E-state index contributed by atoms with van der Waals surface area (Å²) in [6, 6.07) is -0.831. The molecule has 9 N–H and O–H groups in total. The highest BCUT2D eigenvalue weighted by atomic mass is 16.7. The maximum Gasteiger partial charge on any atom is 0.220 e. The van der Waals surface area contributed by atoms with Gasteiger partial charge in [0.05, 0.1) is 32.0 Å². The number of allylic oxidation sites excluding steroid dienone is 6. The van der Waals surface area contributed by atoms with E-state index in [1.807, 2.05) is 0 Å². The van der Waals surface area contributed by atoms with Gasteiger partial charge in [-0.3, -0.25) is 4.79 Å². The number of aliphatic hydroxyl groups is 8. The Kier molecular flexibility index (Phi) is 31.4. The molecule has 0 aliphatic carbocycles. The zero-order valence-corrected chi connectivity index (χ0v) is 37.4. The molecule has 0 bridgehead atoms. The van der Waals surface area contributed by atoms with Crippen LogP contribution in [-0.2, 0) is 23.7 Å². The van der Waals surface area contributed by atoms with Gasteiger partial charge in [-0.1, -0.05) is 140 Å². The average molecular weight is 872 g/mol. The highest BCUT2D eigenvalue weighted by molar-refractivity contribution is 5.76. The number of rotatable bonds is 35. The highest BCUT2D eigenvalue weighted by Gasteiger charge is 2.51. The summed E-state index contributed by atoms with van der Waals surface area (Å²) in [5.41, 5.74) is 0. The van der Waals surface area contributed by atoms with Crippen molar-refractivity contribution >= 4 is 5.91 Å². The van der Waals surface area contributed by atoms with E-state index in [2.05, 4.69) is 55.6 Å². The third-order valence-electron chi connectivity index (χ3n) is 11.6. The van der Waals surface area contributed by atoms with Crippen LogP contribution >= 0.6 is 0 Å². The van der Waals surface area contributed by atoms with Gasteiger partial charge in [0.2, 0.25) is 5.91 Å². The summed E-state index contributed by atoms with van der Waals surface area (Å²) in [5.74, 6) is -0.227. The van der Waals surface area contributed by atoms with Crippen molar-refractivity contribution < 1.29 is 64.6 Å². The SMILES string of the molecule is CCCCCCC/C=C\C/C=C\C/C=C\CCCCCCCCC(=O)NC(COC1OC(CO)C(OC2OC(CO)C(O)C(O)C2O)C(O)C1O)C(O)CCCCCCCC. The van der Waals surface area contributed by atoms with Crippen LogP contribution < -0.4 is 5.32 Å². The van der Waals surface area contributed by atoms with Gasteiger partial charge in [0.15, 0.2) is 12.6 Å². The summed E-state index contributed by atoms with van der Waals surface area (Å²) in [6.45, 7) is 2.73. The first-order valence-corrected chi connectivity index (χ1v) is 23.7. The summed E-state index contributed by atoms with van der Waals surface area (Å²) >= 11 is 0. The number of hydrogen-bond donors (Lipinski definition) is 9. The normalized spacial score (nSPS) is 28.3. The van der Waals surface area contributed by atoms with Crippen LogP contribution in [0.4, 0.5) is 0 Å². The van der Waals surface area contributed by atoms with E-state index < -0.39 is 86.8 Å². The van der Waals surface area contributed by atoms with Gasteiger partial charge < -0.3 is 65.1 Å². The van der Waals surface area contributed by atoms with Crippen molar-refractivity contribution in [2.75, 3.05) is 19.8 Å². The number of aliphatic hydroxyl groups excluding tert-OH is 8. The van der Waals surface area contributed by atoms with Crippen molar-refractivity contribution in [3.8, 4) is 0 Å². The minimum absolute atomic E-state index is 0.227. The minimum atomic E-state index is -1.78. The molecule has 0 saturated carbocycles. The molecule has 0 aromatic rings. The van der Waals surface area contributed by atoms with Crippen LogP contribution in [0.15, 0.2) is 36.5 Å². The summed E-state index contributed by atoms with van der Waals surface area (Å²) in [6.07, 6.45) is 20.5. The lowest BCUT2D eigenvalue weighted by Crippen LogP contribution is -2.65. The third-order valence-corrected chi connectivity index (χ3v) is 11.6. The molecule has 2 rings (SSSR count). The van der Waals surface area contributed by atoms with Crippen LogP contribution in [0.25, 0.3) is 0 Å². The summed E-state index contributed by atoms with van der Waals surface area (Å²) in [7, 11) is 0. The second-order valence-corrected chi connectivity index (χ2v) is 16.9. The fourth-order valence-electron chi connectivity index (χ4n) is 7.65. The van der Waals surface area contributed by atoms with E-state index >= 15 is 0 Å². The molecule has 2 aliphatic rings. The van der Waals surface area contributed by atoms with Crippen molar-refractivity contribution in [3.63, 3.8) is 0 Å². The van der Waals surface area contributed by atoms with E-state index in [1.165, 1.54) is 38.5 Å². The van der Waals surface area contributed by atoms with Crippen molar-refractivity contribution in [1.82, 2.24) is 5.32 Å². The largest absolute Gasteiger partial charge is 0.394 e. The lowest BCUT2D eigenvalue weighted by molar-refractivity contribution is -0.359. The van der Waals surface area contributed by atoms with Crippen LogP contribution in [0.5, 0.6) is 0 Å². The Hall–Kier alpha value is -1.79. The number of carbonyl (C=O) groups is 1. The maximum absolute atomic E-state index is 13.1. The molecule has 14 heteroatoms. The monoisotopic (exact) mass is 872 g/mol. The Morgan fingerprint density at radius 2 is 1.08 bits per heavy atom. The van der Waals surface area contributed by atoms with Crippen LogP contribution in [-0.4, -0.2) is 140 Å². The molecular weight excluding hydrogens is 787 g/mol. The molecule has 2 heterocycles. The number of carbonyl (C=O) groups excluding carboxylic acids is 1. The molecule has 12 unspecified atom stereocenters. The predicted octanol–water partition coefficient (Wildman–Crippen LogP) is 5.15. The molecule has 1 amide bonds. The van der Waals surface area contributed by atoms with Crippen LogP contribution in [0.1, 0.15) is 162 Å². The fourth-order valence-corrected chi connectivity index (χ4v) is 7.65. The first-order chi connectivity index (χ1) is 29.6. The Bertz CT molecular complexity index is 1170. The van der Waals surface area contributed by atoms with Crippen molar-refractivity contribution in [2.45, 2.75) is 235 Å². The quantitative estimate of drug-likeness (QED) is 0.0297. The molecule has 0 spiro atoms. The first kappa shape index (κ1) is 55.3. The number of unbranched alkanes of at least 4 members (excludes halogenated alkanes) is 16. The number of nitrogens with one attached hydrogen (secondary N) is 1. The third kappa shape index (κ3) is 22.6. The molecule has 61 heavy (non-hydrogen) atoms. The lowest BCUT2D eigenvalue weighted by Gasteiger charge is -2.46. The molecule has 356 valence electrons. The molecule has 2 saturated heterocycles. The van der Waals surface area contributed by atoms with Gasteiger partial charge in [-0.15, -0.1) is 0 Å². The van der Waals surface area contributed by atoms with Gasteiger partial charge in [-0.25, -0.2) is 0 Å². The topological polar surface area (TPSA) is 228 Å². The zero-order valence-electron chi connectivity index (χ0n) is 37.4. The highest BCUT2D eigenvalue weighted by Crippen LogP contribution is 2.30. The van der Waals surface area contributed by atoms with Crippen molar-refractivity contribution in [3.05, 3.63) is 36.5 Å². The van der Waals surface area contributed by atoms with Crippen molar-refractivity contribution in [1.29, 1.82) is 0 Å². The standard InChI is InChI=1S/C47H85NO13/c1-3-5-7-9-11-12-13-14-15-16-17-18-19-20-21-22-23-24-25-27-29-31-39(52)48-35(36(51)30-28-26-10-8-6-4-2)34-58-46-44(57)42(55)45(38(33-50)60-46)61-47-43(56)41(54)40(53)37(32-49)59-47/h13-14,16-17,19-20,35-38,40-47,49-51,53-57H,3-12,15,18,21-34H2,1-2H3,(H,48,52)/b14-13-,17-16-,20-19-. The van der Waals surface area contributed by atoms with Crippen LogP contribution in [0.2, 0.25) is 0 Å². The Morgan fingerprint density at radius 3 is 1.66 bits per heavy atom. The predicted molar refractivity (Wildman–Crippen MR) is 235 cm³/mol. The molecular formula is C47H85NO13. The molecule has 14 nitrogen and oxygen atoms in total. The smallest absolute Gasteiger partial charge is 0.220 e. The number of ether oxygens (including phenoxy) is 4. The van der Waals surface area contributed by atoms with Gasteiger partial charge in [0, 0.05) is 6.42 Å². The number of amides is 1. The lowest BCUT2D eigenvalue weighted by atomic mass is 9.97. The van der Waals surface area contributed by atoms with Gasteiger partial charge >= 0.3 is 0 Å². The van der Waals surface area contributed by atoms with E-state index in [0.717, 1.165) is 89.9 Å². The second-order valence-electron chi connectivity index (χ2n) is 16.9. The van der Waals surface area contributed by atoms with Gasteiger partial charge in [0.1, 0.15) is 48.8 Å². The molecule has 2 aliphatic heterocycles. The van der Waals surface area contributed by atoms with Crippen molar-refractivity contribution in [2.24, 2.45) is 0 Å². The van der Waals surface area contributed by atoms with Gasteiger partial charge in [-0.05, 0) is 51.4 Å². The van der Waals surface area contributed by atoms with Crippen LogP contribution in [0.3, 0.4) is 0 Å². The summed E-state index contributed by atoms with van der Waals surface area (Å²) in [5, 5.41) is 86.3. The van der Waals surface area contributed by atoms with E-state index in [1.54, 1.807) is 0 Å². The van der Waals surface area contributed by atoms with E-state index in [4.69, 9.17) is 18.9 Å². The molecule has 0 radical (unpaired) electrons. The zero-order chi connectivity index (χ0) is 44.7. The van der Waals surface area contributed by atoms with Gasteiger partial charge in [-0.2, -0.15) is 0 Å². The van der Waals surface area contributed by atoms with Crippen LogP contribution in [0, 0.1) is 0 Å². The molecule has 0 aromatic heterocycles. The molecule has 0 aromatic carbocycles. The second kappa shape index (κ2) is 34.6. The van der Waals surface area contributed by atoms with E-state index in [-0.39, 0.29) is 18.9 Å². The Labute approximate surface area is 366 Å². The van der Waals surface area contributed by atoms with E-state index in [9.17, 15) is 45.6 Å². The maximum atomic E-state index is 13.1. The van der Waals surface area contributed by atoms with E-state index in [0.29, 0.717) is 12.8 Å². The summed E-state index contributed by atoms with van der Waals surface area (Å²) < 4.78 is 22.6. The average Bonchev–Trinajstić information content (AvgIpc) is 3.26. The first-order valence-electron chi connectivity index (χ1n) is 23.7. The number of hydrogen-bond acceptors (Lipinski definition) is 13. The molecule has 2 fully saturated rings. The van der Waals surface area contributed by atoms with Gasteiger partial charge in [0.25, 0.3) is 0 Å². The summed E-state index contributed by atoms with van der Waals surface area (Å²) in [4.78, 5) is 13.1. The minimum Gasteiger partial charge on any atom is -0.394 e.